The Balaban J connectivity index is 1.60. The Morgan fingerprint density at radius 1 is 0.938 bits per heavy atom. The summed E-state index contributed by atoms with van der Waals surface area (Å²) in [5.41, 5.74) is 2.36. The summed E-state index contributed by atoms with van der Waals surface area (Å²) in [5, 5.41) is 1.24. The Morgan fingerprint density at radius 2 is 1.62 bits per heavy atom. The smallest absolute Gasteiger partial charge is 0.242 e. The van der Waals surface area contributed by atoms with Crippen molar-refractivity contribution in [3.8, 4) is 0 Å². The summed E-state index contributed by atoms with van der Waals surface area (Å²) in [6.45, 7) is 0.455. The van der Waals surface area contributed by atoms with Crippen LogP contribution in [0.15, 0.2) is 90.0 Å². The van der Waals surface area contributed by atoms with Crippen LogP contribution in [0.1, 0.15) is 11.1 Å². The van der Waals surface area contributed by atoms with Crippen molar-refractivity contribution in [3.63, 3.8) is 0 Å². The average Bonchev–Trinajstić information content (AvgIpc) is 3.14. The molecule has 1 heterocycles. The maximum absolute atomic E-state index is 13.2. The number of halogens is 1. The van der Waals surface area contributed by atoms with Crippen molar-refractivity contribution in [2.75, 3.05) is 7.05 Å². The van der Waals surface area contributed by atoms with Gasteiger partial charge in [-0.15, -0.1) is 0 Å². The van der Waals surface area contributed by atoms with Crippen molar-refractivity contribution >= 4 is 38.2 Å². The molecule has 4 rings (SSSR count). The zero-order valence-corrected chi connectivity index (χ0v) is 19.2. The molecule has 0 N–H and O–H groups in total. The predicted molar refractivity (Wildman–Crippen MR) is 127 cm³/mol. The molecule has 0 aliphatic heterocycles. The number of benzene rings is 3. The van der Waals surface area contributed by atoms with Gasteiger partial charge in [-0.2, -0.15) is 0 Å². The number of sulfone groups is 1. The van der Waals surface area contributed by atoms with E-state index >= 15 is 0 Å². The fraction of sp³-hybridized carbons (Fsp3) is 0.160. The van der Waals surface area contributed by atoms with Gasteiger partial charge in [-0.05, 0) is 29.3 Å². The van der Waals surface area contributed by atoms with Gasteiger partial charge in [-0.1, -0.05) is 72.3 Å². The lowest BCUT2D eigenvalue weighted by atomic mass is 10.2. The Hall–Kier alpha value is -3.09. The largest absolute Gasteiger partial charge is 0.340 e. The number of para-hydroxylation sites is 1. The van der Waals surface area contributed by atoms with Gasteiger partial charge in [0.25, 0.3) is 0 Å². The Labute approximate surface area is 192 Å². The van der Waals surface area contributed by atoms with Gasteiger partial charge in [0.1, 0.15) is 6.54 Å². The number of aromatic nitrogens is 1. The van der Waals surface area contributed by atoms with Gasteiger partial charge in [0.2, 0.25) is 5.91 Å². The van der Waals surface area contributed by atoms with E-state index in [1.54, 1.807) is 53.0 Å². The number of likely N-dealkylation sites (N-methyl/N-ethyl adjacent to an activating group) is 1. The van der Waals surface area contributed by atoms with Gasteiger partial charge < -0.3 is 9.47 Å². The quantitative estimate of drug-likeness (QED) is 0.388. The van der Waals surface area contributed by atoms with E-state index in [1.807, 2.05) is 48.5 Å². The summed E-state index contributed by atoms with van der Waals surface area (Å²) in [7, 11) is -1.86. The molecule has 164 valence electrons. The number of amides is 1. The van der Waals surface area contributed by atoms with Crippen molar-refractivity contribution in [3.05, 3.63) is 101 Å². The lowest BCUT2D eigenvalue weighted by molar-refractivity contribution is -0.131. The van der Waals surface area contributed by atoms with Crippen LogP contribution in [0, 0.1) is 0 Å². The first-order valence-electron chi connectivity index (χ1n) is 10.2. The molecule has 32 heavy (non-hydrogen) atoms. The summed E-state index contributed by atoms with van der Waals surface area (Å²) < 4.78 is 28.1. The van der Waals surface area contributed by atoms with Crippen LogP contribution in [-0.4, -0.2) is 30.8 Å². The van der Waals surface area contributed by atoms with Crippen molar-refractivity contribution in [2.45, 2.75) is 23.7 Å². The van der Waals surface area contributed by atoms with Crippen LogP contribution in [-0.2, 0) is 33.5 Å². The highest BCUT2D eigenvalue weighted by molar-refractivity contribution is 7.90. The molecule has 0 saturated carbocycles. The number of hydrogen-bond acceptors (Lipinski definition) is 3. The topological polar surface area (TPSA) is 59.4 Å². The van der Waals surface area contributed by atoms with E-state index in [2.05, 4.69) is 0 Å². The highest BCUT2D eigenvalue weighted by atomic mass is 35.5. The number of hydrogen-bond donors (Lipinski definition) is 0. The fourth-order valence-electron chi connectivity index (χ4n) is 3.73. The number of rotatable bonds is 7. The standard InChI is InChI=1S/C25H23ClN2O3S/c1-27(15-20-10-7-11-21(26)14-20)25(29)17-28-16-24(22-12-5-6-13-23(22)28)32(30,31)18-19-8-3-2-4-9-19/h2-14,16H,15,17-18H2,1H3. The van der Waals surface area contributed by atoms with Crippen LogP contribution in [0.3, 0.4) is 0 Å². The Bertz CT molecular complexity index is 1360. The van der Waals surface area contributed by atoms with Crippen molar-refractivity contribution in [1.29, 1.82) is 0 Å². The highest BCUT2D eigenvalue weighted by Gasteiger charge is 2.23. The van der Waals surface area contributed by atoms with E-state index in [-0.39, 0.29) is 23.1 Å². The molecule has 3 aromatic carbocycles. The van der Waals surface area contributed by atoms with E-state index in [4.69, 9.17) is 11.6 Å². The van der Waals surface area contributed by atoms with Gasteiger partial charge >= 0.3 is 0 Å². The molecule has 0 saturated heterocycles. The molecule has 0 spiro atoms. The molecule has 4 aromatic rings. The summed E-state index contributed by atoms with van der Waals surface area (Å²) in [4.78, 5) is 14.8. The second kappa shape index (κ2) is 9.18. The molecule has 0 bridgehead atoms. The molecule has 7 heteroatoms. The highest BCUT2D eigenvalue weighted by Crippen LogP contribution is 2.28. The second-order valence-electron chi connectivity index (χ2n) is 7.76. The lowest BCUT2D eigenvalue weighted by Crippen LogP contribution is -2.29. The van der Waals surface area contributed by atoms with E-state index in [0.29, 0.717) is 22.5 Å². The minimum absolute atomic E-state index is 0.0401. The van der Waals surface area contributed by atoms with Gasteiger partial charge in [0.05, 0.1) is 10.6 Å². The van der Waals surface area contributed by atoms with Gasteiger partial charge in [0.15, 0.2) is 9.84 Å². The fourth-order valence-corrected chi connectivity index (χ4v) is 5.52. The van der Waals surface area contributed by atoms with Crippen LogP contribution in [0.5, 0.6) is 0 Å². The maximum atomic E-state index is 13.2. The van der Waals surface area contributed by atoms with Crippen LogP contribution >= 0.6 is 11.6 Å². The normalized spacial score (nSPS) is 11.6. The predicted octanol–water partition coefficient (Wildman–Crippen LogP) is 4.93. The molecule has 5 nitrogen and oxygen atoms in total. The van der Waals surface area contributed by atoms with Crippen molar-refractivity contribution < 1.29 is 13.2 Å². The number of carbonyl (C=O) groups is 1. The van der Waals surface area contributed by atoms with Gasteiger partial charge in [0, 0.05) is 35.7 Å². The number of nitrogens with zero attached hydrogens (tertiary/aromatic N) is 2. The molecule has 0 radical (unpaired) electrons. The second-order valence-corrected chi connectivity index (χ2v) is 10.2. The number of carbonyl (C=O) groups excluding carboxylic acids is 1. The van der Waals surface area contributed by atoms with E-state index in [1.165, 1.54) is 0 Å². The maximum Gasteiger partial charge on any atom is 0.242 e. The van der Waals surface area contributed by atoms with E-state index in [0.717, 1.165) is 11.1 Å². The summed E-state index contributed by atoms with van der Waals surface area (Å²) >= 11 is 6.04. The van der Waals surface area contributed by atoms with Crippen LogP contribution < -0.4 is 0 Å². The van der Waals surface area contributed by atoms with Gasteiger partial charge in [-0.3, -0.25) is 4.79 Å². The monoisotopic (exact) mass is 466 g/mol. The summed E-state index contributed by atoms with van der Waals surface area (Å²) in [6.07, 6.45) is 1.58. The van der Waals surface area contributed by atoms with Crippen LogP contribution in [0.25, 0.3) is 10.9 Å². The third kappa shape index (κ3) is 4.87. The molecule has 0 unspecified atom stereocenters. The van der Waals surface area contributed by atoms with Crippen LogP contribution in [0.4, 0.5) is 0 Å². The minimum atomic E-state index is -3.59. The molecule has 0 fully saturated rings. The molecule has 0 atom stereocenters. The average molecular weight is 467 g/mol. The summed E-state index contributed by atoms with van der Waals surface area (Å²) in [6, 6.07) is 23.7. The van der Waals surface area contributed by atoms with E-state index < -0.39 is 9.84 Å². The third-order valence-corrected chi connectivity index (χ3v) is 7.27. The minimum Gasteiger partial charge on any atom is -0.340 e. The van der Waals surface area contributed by atoms with Crippen molar-refractivity contribution in [2.24, 2.45) is 0 Å². The molecule has 1 amide bonds. The number of fused-ring (bicyclic) bond motifs is 1. The Kier molecular flexibility index (Phi) is 6.35. The first-order valence-corrected chi connectivity index (χ1v) is 12.2. The molecule has 0 aliphatic rings. The molecule has 1 aromatic heterocycles. The molecule has 0 aliphatic carbocycles. The lowest BCUT2D eigenvalue weighted by Gasteiger charge is -2.18. The third-order valence-electron chi connectivity index (χ3n) is 5.33. The van der Waals surface area contributed by atoms with Gasteiger partial charge in [-0.25, -0.2) is 8.42 Å². The van der Waals surface area contributed by atoms with E-state index in [9.17, 15) is 13.2 Å². The zero-order chi connectivity index (χ0) is 22.7. The summed E-state index contributed by atoms with van der Waals surface area (Å²) in [5.74, 6) is -0.220. The zero-order valence-electron chi connectivity index (χ0n) is 17.6. The molecular weight excluding hydrogens is 444 g/mol. The Morgan fingerprint density at radius 3 is 2.38 bits per heavy atom. The SMILES string of the molecule is CN(Cc1cccc(Cl)c1)C(=O)Cn1cc(S(=O)(=O)Cc2ccccc2)c2ccccc21. The first kappa shape index (κ1) is 22.1. The van der Waals surface area contributed by atoms with Crippen LogP contribution in [0.2, 0.25) is 5.02 Å². The first-order chi connectivity index (χ1) is 15.3. The molecular formula is C25H23ClN2O3S. The van der Waals surface area contributed by atoms with Crippen molar-refractivity contribution in [1.82, 2.24) is 9.47 Å².